The Balaban J connectivity index is 1.64. The predicted molar refractivity (Wildman–Crippen MR) is 90.2 cm³/mol. The van der Waals surface area contributed by atoms with Crippen LogP contribution < -0.4 is 19.6 Å². The molecule has 0 unspecified atom stereocenters. The fourth-order valence-electron chi connectivity index (χ4n) is 2.13. The molecule has 7 heteroatoms. The molecular formula is C17H15ClN2O4. The van der Waals surface area contributed by atoms with Crippen LogP contribution in [0.2, 0.25) is 5.02 Å². The highest BCUT2D eigenvalue weighted by Crippen LogP contribution is 2.36. The molecule has 0 atom stereocenters. The molecule has 0 spiro atoms. The van der Waals surface area contributed by atoms with Gasteiger partial charge in [0.1, 0.15) is 5.75 Å². The molecule has 1 amide bonds. The number of ether oxygens (including phenoxy) is 3. The smallest absolute Gasteiger partial charge is 0.271 e. The summed E-state index contributed by atoms with van der Waals surface area (Å²) < 4.78 is 15.8. The van der Waals surface area contributed by atoms with Crippen LogP contribution in [0, 0.1) is 0 Å². The summed E-state index contributed by atoms with van der Waals surface area (Å²) in [5.41, 5.74) is 3.55. The number of hydrogen-bond donors (Lipinski definition) is 1. The van der Waals surface area contributed by atoms with Gasteiger partial charge < -0.3 is 14.2 Å². The normalized spacial score (nSPS) is 12.4. The molecule has 0 aliphatic carbocycles. The molecule has 24 heavy (non-hydrogen) atoms. The van der Waals surface area contributed by atoms with E-state index in [1.807, 2.05) is 6.92 Å². The lowest BCUT2D eigenvalue weighted by Gasteiger charge is -2.04. The quantitative estimate of drug-likeness (QED) is 0.666. The van der Waals surface area contributed by atoms with E-state index >= 15 is 0 Å². The number of benzene rings is 2. The molecule has 6 nitrogen and oxygen atoms in total. The Labute approximate surface area is 144 Å². The molecule has 0 aromatic heterocycles. The predicted octanol–water partition coefficient (Wildman–Crippen LogP) is 3.23. The summed E-state index contributed by atoms with van der Waals surface area (Å²) in [5, 5.41) is 4.38. The van der Waals surface area contributed by atoms with E-state index in [1.165, 1.54) is 6.21 Å². The van der Waals surface area contributed by atoms with E-state index in [1.54, 1.807) is 36.4 Å². The largest absolute Gasteiger partial charge is 0.494 e. The summed E-state index contributed by atoms with van der Waals surface area (Å²) in [6.45, 7) is 2.64. The molecule has 1 heterocycles. The van der Waals surface area contributed by atoms with Crippen LogP contribution in [-0.2, 0) is 0 Å². The topological polar surface area (TPSA) is 69.2 Å². The number of carbonyl (C=O) groups is 1. The molecule has 3 rings (SSSR count). The molecule has 0 fully saturated rings. The maximum Gasteiger partial charge on any atom is 0.271 e. The van der Waals surface area contributed by atoms with Crippen molar-refractivity contribution in [3.05, 3.63) is 52.5 Å². The minimum Gasteiger partial charge on any atom is -0.494 e. The highest BCUT2D eigenvalue weighted by Gasteiger charge is 2.15. The molecule has 0 saturated heterocycles. The lowest BCUT2D eigenvalue weighted by atomic mass is 10.2. The van der Waals surface area contributed by atoms with Crippen molar-refractivity contribution < 1.29 is 19.0 Å². The fourth-order valence-corrected chi connectivity index (χ4v) is 2.33. The van der Waals surface area contributed by atoms with Crippen molar-refractivity contribution in [3.8, 4) is 17.2 Å². The summed E-state index contributed by atoms with van der Waals surface area (Å²) in [5.74, 6) is 1.57. The average molecular weight is 347 g/mol. The lowest BCUT2D eigenvalue weighted by Crippen LogP contribution is -2.17. The van der Waals surface area contributed by atoms with E-state index in [9.17, 15) is 4.79 Å². The van der Waals surface area contributed by atoms with Gasteiger partial charge in [-0.2, -0.15) is 5.10 Å². The second-order valence-electron chi connectivity index (χ2n) is 4.88. The molecule has 1 aliphatic rings. The van der Waals surface area contributed by atoms with E-state index in [4.69, 9.17) is 25.8 Å². The van der Waals surface area contributed by atoms with Crippen LogP contribution in [0.5, 0.6) is 17.2 Å². The second-order valence-corrected chi connectivity index (χ2v) is 5.29. The van der Waals surface area contributed by atoms with Gasteiger partial charge in [-0.25, -0.2) is 5.43 Å². The van der Waals surface area contributed by atoms with Crippen molar-refractivity contribution in [2.24, 2.45) is 5.10 Å². The van der Waals surface area contributed by atoms with Crippen LogP contribution in [0.15, 0.2) is 41.5 Å². The van der Waals surface area contributed by atoms with Crippen LogP contribution in [0.1, 0.15) is 22.8 Å². The van der Waals surface area contributed by atoms with Crippen LogP contribution in [-0.4, -0.2) is 25.5 Å². The first-order chi connectivity index (χ1) is 11.7. The van der Waals surface area contributed by atoms with Gasteiger partial charge in [-0.15, -0.1) is 0 Å². The Kier molecular flexibility index (Phi) is 4.86. The Hall–Kier alpha value is -2.73. The first-order valence-corrected chi connectivity index (χ1v) is 7.70. The van der Waals surface area contributed by atoms with Gasteiger partial charge in [-0.1, -0.05) is 11.6 Å². The van der Waals surface area contributed by atoms with Gasteiger partial charge in [-0.3, -0.25) is 4.79 Å². The maximum absolute atomic E-state index is 12.0. The van der Waals surface area contributed by atoms with E-state index in [2.05, 4.69) is 10.5 Å². The minimum atomic E-state index is -0.328. The SMILES string of the molecule is CCOc1ccc(C(=O)N/N=C/c2cc3c(cc2Cl)OCO3)cc1. The molecular weight excluding hydrogens is 332 g/mol. The van der Waals surface area contributed by atoms with Gasteiger partial charge in [0.2, 0.25) is 6.79 Å². The summed E-state index contributed by atoms with van der Waals surface area (Å²) >= 11 is 6.13. The van der Waals surface area contributed by atoms with E-state index < -0.39 is 0 Å². The lowest BCUT2D eigenvalue weighted by molar-refractivity contribution is 0.0955. The Bertz CT molecular complexity index is 775. The van der Waals surface area contributed by atoms with E-state index in [0.717, 1.165) is 0 Å². The molecule has 1 aliphatic heterocycles. The van der Waals surface area contributed by atoms with Crippen molar-refractivity contribution in [1.29, 1.82) is 0 Å². The molecule has 2 aromatic rings. The summed E-state index contributed by atoms with van der Waals surface area (Å²) in [4.78, 5) is 12.0. The molecule has 1 N–H and O–H groups in total. The Morgan fingerprint density at radius 1 is 1.29 bits per heavy atom. The number of hydrogen-bond acceptors (Lipinski definition) is 5. The molecule has 0 saturated carbocycles. The standard InChI is InChI=1S/C17H15ClN2O4/c1-2-22-13-5-3-11(4-6-13)17(21)20-19-9-12-7-15-16(8-14(12)18)24-10-23-15/h3-9H,2,10H2,1H3,(H,20,21)/b19-9+. The van der Waals surface area contributed by atoms with E-state index in [0.29, 0.717) is 40.0 Å². The highest BCUT2D eigenvalue weighted by molar-refractivity contribution is 6.33. The summed E-state index contributed by atoms with van der Waals surface area (Å²) in [6, 6.07) is 10.2. The molecule has 0 bridgehead atoms. The zero-order valence-corrected chi connectivity index (χ0v) is 13.7. The van der Waals surface area contributed by atoms with Crippen molar-refractivity contribution in [3.63, 3.8) is 0 Å². The van der Waals surface area contributed by atoms with Gasteiger partial charge in [0.15, 0.2) is 11.5 Å². The Morgan fingerprint density at radius 2 is 2.00 bits per heavy atom. The molecule has 124 valence electrons. The van der Waals surface area contributed by atoms with Crippen molar-refractivity contribution in [1.82, 2.24) is 5.43 Å². The van der Waals surface area contributed by atoms with Crippen molar-refractivity contribution in [2.45, 2.75) is 6.92 Å². The maximum atomic E-state index is 12.0. The second kappa shape index (κ2) is 7.23. The number of amides is 1. The first-order valence-electron chi connectivity index (χ1n) is 7.33. The number of rotatable bonds is 5. The highest BCUT2D eigenvalue weighted by atomic mass is 35.5. The van der Waals surface area contributed by atoms with Gasteiger partial charge in [0, 0.05) is 17.2 Å². The third-order valence-electron chi connectivity index (χ3n) is 3.29. The zero-order valence-electron chi connectivity index (χ0n) is 12.9. The first kappa shape index (κ1) is 16.1. The average Bonchev–Trinajstić information content (AvgIpc) is 3.03. The number of halogens is 1. The molecule has 2 aromatic carbocycles. The van der Waals surface area contributed by atoms with E-state index in [-0.39, 0.29) is 12.7 Å². The number of nitrogens with one attached hydrogen (secondary N) is 1. The number of carbonyl (C=O) groups excluding carboxylic acids is 1. The van der Waals surface area contributed by atoms with Crippen molar-refractivity contribution >= 4 is 23.7 Å². The molecule has 0 radical (unpaired) electrons. The monoisotopic (exact) mass is 346 g/mol. The zero-order chi connectivity index (χ0) is 16.9. The number of fused-ring (bicyclic) bond motifs is 1. The fraction of sp³-hybridized carbons (Fsp3) is 0.176. The number of hydrazone groups is 1. The summed E-state index contributed by atoms with van der Waals surface area (Å²) in [6.07, 6.45) is 1.46. The van der Waals surface area contributed by atoms with Crippen LogP contribution in [0.3, 0.4) is 0 Å². The van der Waals surface area contributed by atoms with Crippen molar-refractivity contribution in [2.75, 3.05) is 13.4 Å². The Morgan fingerprint density at radius 3 is 2.71 bits per heavy atom. The van der Waals surface area contributed by atoms with Gasteiger partial charge >= 0.3 is 0 Å². The van der Waals surface area contributed by atoms with Crippen LogP contribution in [0.4, 0.5) is 0 Å². The third-order valence-corrected chi connectivity index (χ3v) is 3.62. The third kappa shape index (κ3) is 3.60. The van der Waals surface area contributed by atoms with Crippen LogP contribution in [0.25, 0.3) is 0 Å². The number of nitrogens with zero attached hydrogens (tertiary/aromatic N) is 1. The van der Waals surface area contributed by atoms with Gasteiger partial charge in [0.25, 0.3) is 5.91 Å². The van der Waals surface area contributed by atoms with Gasteiger partial charge in [-0.05, 0) is 37.3 Å². The van der Waals surface area contributed by atoms with Gasteiger partial charge in [0.05, 0.1) is 17.8 Å². The minimum absolute atomic E-state index is 0.167. The summed E-state index contributed by atoms with van der Waals surface area (Å²) in [7, 11) is 0. The van der Waals surface area contributed by atoms with Crippen LogP contribution >= 0.6 is 11.6 Å².